The molecule has 0 saturated carbocycles. The number of rotatable bonds is 8. The van der Waals surface area contributed by atoms with Gasteiger partial charge in [0.2, 0.25) is 0 Å². The van der Waals surface area contributed by atoms with Crippen LogP contribution in [0.2, 0.25) is 0 Å². The summed E-state index contributed by atoms with van der Waals surface area (Å²) in [7, 11) is -5.90. The van der Waals surface area contributed by atoms with E-state index in [1.807, 2.05) is 0 Å². The molecule has 1 aromatic heterocycles. The molecular formula is C67H47NSi2. The molecule has 3 heteroatoms. The second-order valence-electron chi connectivity index (χ2n) is 19.0. The molecule has 2 aliphatic rings. The van der Waals surface area contributed by atoms with Gasteiger partial charge in [-0.25, -0.2) is 0 Å². The summed E-state index contributed by atoms with van der Waals surface area (Å²) in [6, 6.07) is 109. The summed E-state index contributed by atoms with van der Waals surface area (Å²) in [5.41, 5.74) is 11.0. The lowest BCUT2D eigenvalue weighted by Crippen LogP contribution is -2.74. The maximum atomic E-state index is 2.68. The Labute approximate surface area is 411 Å². The van der Waals surface area contributed by atoms with Crippen molar-refractivity contribution in [1.82, 2.24) is 4.57 Å². The molecule has 0 bridgehead atoms. The third-order valence-electron chi connectivity index (χ3n) is 15.9. The summed E-state index contributed by atoms with van der Waals surface area (Å²) < 4.78 is 2.57. The van der Waals surface area contributed by atoms with Gasteiger partial charge in [0.05, 0.1) is 22.1 Å². The Hall–Kier alpha value is -8.35. The minimum atomic E-state index is -2.95. The van der Waals surface area contributed by atoms with Gasteiger partial charge in [-0.05, 0) is 87.0 Å². The van der Waals surface area contributed by atoms with Gasteiger partial charge in [0.15, 0.2) is 16.1 Å². The van der Waals surface area contributed by atoms with E-state index in [2.05, 4.69) is 290 Å². The average molecular weight is 922 g/mol. The van der Waals surface area contributed by atoms with Gasteiger partial charge >= 0.3 is 0 Å². The molecule has 1 aliphatic heterocycles. The zero-order valence-corrected chi connectivity index (χ0v) is 40.6. The fraction of sp³-hybridized carbons (Fsp3) is 0.0149. The number of nitrogens with zero attached hydrogens (tertiary/aromatic N) is 1. The maximum absolute atomic E-state index is 2.95. The molecule has 328 valence electrons. The Morgan fingerprint density at radius 1 is 0.257 bits per heavy atom. The van der Waals surface area contributed by atoms with Crippen LogP contribution >= 0.6 is 0 Å². The summed E-state index contributed by atoms with van der Waals surface area (Å²) in [5, 5.41) is 13.5. The fourth-order valence-electron chi connectivity index (χ4n) is 13.2. The fourth-order valence-corrected chi connectivity index (χ4v) is 22.7. The van der Waals surface area contributed by atoms with Crippen LogP contribution in [0.5, 0.6) is 0 Å². The number of fused-ring (bicyclic) bond motifs is 12. The first kappa shape index (κ1) is 40.7. The molecular weight excluding hydrogens is 875 g/mol. The van der Waals surface area contributed by atoms with Crippen LogP contribution in [0.15, 0.2) is 285 Å². The Kier molecular flexibility index (Phi) is 9.22. The molecule has 0 amide bonds. The average Bonchev–Trinajstić information content (AvgIpc) is 3.93. The molecule has 12 aromatic rings. The van der Waals surface area contributed by atoms with Crippen molar-refractivity contribution in [1.29, 1.82) is 0 Å². The van der Waals surface area contributed by atoms with Gasteiger partial charge in [0.1, 0.15) is 0 Å². The van der Waals surface area contributed by atoms with Crippen LogP contribution in [0.1, 0.15) is 22.3 Å². The summed E-state index contributed by atoms with van der Waals surface area (Å²) in [5.74, 6) is 0. The number of aromatic nitrogens is 1. The molecule has 14 rings (SSSR count). The standard InChI is InChI=1S/C67H47NSi2/c1-7-24-48(25-8-1)69(49-26-9-2-10-27-49,50-28-11-3-12-29-50)54-42-44-56-57-45-43-55(70(51-30-13-4-14-31-51,52-32-15-5-16-33-52)53-34-17-6-18-35-53)47-63(57)67(62(56)46-54)60-38-20-22-41-65(60)68-64-40-21-19-36-58(64)59-37-23-39-61(67)66(59)68/h1-47H. The van der Waals surface area contributed by atoms with Crippen molar-refractivity contribution in [3.63, 3.8) is 0 Å². The molecule has 0 N–H and O–H groups in total. The van der Waals surface area contributed by atoms with Crippen LogP contribution < -0.4 is 41.5 Å². The maximum Gasteiger partial charge on any atom is 0.179 e. The van der Waals surface area contributed by atoms with E-state index in [0.29, 0.717) is 0 Å². The van der Waals surface area contributed by atoms with Gasteiger partial charge in [-0.15, -0.1) is 0 Å². The number of benzene rings is 11. The lowest BCUT2D eigenvalue weighted by atomic mass is 9.65. The zero-order valence-electron chi connectivity index (χ0n) is 38.6. The van der Waals surface area contributed by atoms with E-state index in [0.717, 1.165) is 0 Å². The molecule has 0 radical (unpaired) electrons. The van der Waals surface area contributed by atoms with Crippen molar-refractivity contribution < 1.29 is 0 Å². The number of hydrogen-bond donors (Lipinski definition) is 0. The molecule has 2 heterocycles. The van der Waals surface area contributed by atoms with Crippen LogP contribution in [-0.4, -0.2) is 20.7 Å². The van der Waals surface area contributed by atoms with Crippen LogP contribution in [0.3, 0.4) is 0 Å². The Bertz CT molecular complexity index is 3550. The molecule has 0 fully saturated rings. The predicted molar refractivity (Wildman–Crippen MR) is 299 cm³/mol. The summed E-state index contributed by atoms with van der Waals surface area (Å²) in [4.78, 5) is 0. The number of para-hydroxylation sites is 3. The lowest BCUT2D eigenvalue weighted by Gasteiger charge is -2.41. The van der Waals surface area contributed by atoms with Crippen molar-refractivity contribution in [2.24, 2.45) is 0 Å². The van der Waals surface area contributed by atoms with Crippen molar-refractivity contribution in [3.8, 4) is 16.8 Å². The predicted octanol–water partition coefficient (Wildman–Crippen LogP) is 10.2. The summed E-state index contributed by atoms with van der Waals surface area (Å²) >= 11 is 0. The van der Waals surface area contributed by atoms with Gasteiger partial charge < -0.3 is 4.57 Å². The number of hydrogen-bond acceptors (Lipinski definition) is 0. The molecule has 0 unspecified atom stereocenters. The molecule has 0 atom stereocenters. The molecule has 1 aliphatic carbocycles. The van der Waals surface area contributed by atoms with Crippen LogP contribution in [0.25, 0.3) is 38.6 Å². The van der Waals surface area contributed by atoms with Gasteiger partial charge in [-0.3, -0.25) is 0 Å². The van der Waals surface area contributed by atoms with Gasteiger partial charge in [0, 0.05) is 10.8 Å². The Morgan fingerprint density at radius 3 is 1.06 bits per heavy atom. The molecule has 1 spiro atoms. The highest BCUT2D eigenvalue weighted by Gasteiger charge is 2.53. The van der Waals surface area contributed by atoms with E-state index in [4.69, 9.17) is 0 Å². The molecule has 11 aromatic carbocycles. The van der Waals surface area contributed by atoms with E-state index in [1.54, 1.807) is 0 Å². The lowest BCUT2D eigenvalue weighted by molar-refractivity contribution is 0.749. The van der Waals surface area contributed by atoms with Gasteiger partial charge in [-0.1, -0.05) is 273 Å². The van der Waals surface area contributed by atoms with Crippen LogP contribution in [-0.2, 0) is 5.41 Å². The zero-order chi connectivity index (χ0) is 46.3. The van der Waals surface area contributed by atoms with Gasteiger partial charge in [-0.2, -0.15) is 0 Å². The third-order valence-corrected chi connectivity index (χ3v) is 25.4. The first-order valence-corrected chi connectivity index (χ1v) is 28.5. The molecule has 70 heavy (non-hydrogen) atoms. The van der Waals surface area contributed by atoms with Crippen LogP contribution in [0, 0.1) is 0 Å². The van der Waals surface area contributed by atoms with Crippen molar-refractivity contribution in [2.45, 2.75) is 5.41 Å². The molecule has 1 nitrogen and oxygen atoms in total. The summed E-state index contributed by atoms with van der Waals surface area (Å²) in [6.07, 6.45) is 0. The quantitative estimate of drug-likeness (QED) is 0.106. The summed E-state index contributed by atoms with van der Waals surface area (Å²) in [6.45, 7) is 0. The Morgan fingerprint density at radius 2 is 0.614 bits per heavy atom. The molecule has 0 saturated heterocycles. The highest BCUT2D eigenvalue weighted by atomic mass is 28.3. The minimum Gasteiger partial charge on any atom is -0.309 e. The smallest absolute Gasteiger partial charge is 0.179 e. The van der Waals surface area contributed by atoms with Crippen molar-refractivity contribution in [3.05, 3.63) is 307 Å². The van der Waals surface area contributed by atoms with E-state index in [9.17, 15) is 0 Å². The highest BCUT2D eigenvalue weighted by Crippen LogP contribution is 2.60. The second-order valence-corrected chi connectivity index (χ2v) is 26.7. The van der Waals surface area contributed by atoms with E-state index in [1.165, 1.54) is 102 Å². The third kappa shape index (κ3) is 5.47. The first-order chi connectivity index (χ1) is 34.7. The normalized spacial score (nSPS) is 13.3. The topological polar surface area (TPSA) is 4.93 Å². The second kappa shape index (κ2) is 15.9. The minimum absolute atomic E-state index is 0.675. The van der Waals surface area contributed by atoms with Crippen molar-refractivity contribution >= 4 is 79.4 Å². The highest BCUT2D eigenvalue weighted by molar-refractivity contribution is 7.20. The first-order valence-electron chi connectivity index (χ1n) is 24.5. The van der Waals surface area contributed by atoms with Gasteiger partial charge in [0.25, 0.3) is 0 Å². The van der Waals surface area contributed by atoms with Crippen LogP contribution in [0.4, 0.5) is 0 Å². The monoisotopic (exact) mass is 921 g/mol. The van der Waals surface area contributed by atoms with E-state index in [-0.39, 0.29) is 0 Å². The van der Waals surface area contributed by atoms with Crippen molar-refractivity contribution in [2.75, 3.05) is 0 Å². The Balaban J connectivity index is 1.16. The largest absolute Gasteiger partial charge is 0.309 e. The van der Waals surface area contributed by atoms with E-state index < -0.39 is 21.6 Å². The van der Waals surface area contributed by atoms with E-state index >= 15 is 0 Å². The SMILES string of the molecule is c1ccc([Si](c2ccccc2)(c2ccccc2)c2ccc3c(c2)C2(c4cc([Si](c5ccccc5)(c5ccccc5)c5ccccc5)ccc4-3)c3ccccc3-n3c4ccccc4c4cccc2c43)cc1.